The lowest BCUT2D eigenvalue weighted by atomic mass is 9.85. The Kier molecular flexibility index (Phi) is 3.39. The van der Waals surface area contributed by atoms with Crippen molar-refractivity contribution in [3.05, 3.63) is 29.1 Å². The van der Waals surface area contributed by atoms with E-state index in [9.17, 15) is 9.18 Å². The number of nitrogens with one attached hydrogen (secondary N) is 1. The molecule has 1 amide bonds. The monoisotopic (exact) mass is 250 g/mol. The van der Waals surface area contributed by atoms with Gasteiger partial charge in [0, 0.05) is 0 Å². The number of rotatable bonds is 4. The molecule has 0 saturated heterocycles. The van der Waals surface area contributed by atoms with E-state index in [4.69, 9.17) is 5.73 Å². The Morgan fingerprint density at radius 1 is 1.33 bits per heavy atom. The number of aryl methyl sites for hydroxylation is 1. The number of fused-ring (bicyclic) bond motifs is 1. The van der Waals surface area contributed by atoms with Crippen molar-refractivity contribution < 1.29 is 9.18 Å². The summed E-state index contributed by atoms with van der Waals surface area (Å²) in [4.78, 5) is 11.8. The third-order valence-electron chi connectivity index (χ3n) is 3.55. The molecule has 0 bridgehead atoms. The second kappa shape index (κ2) is 4.69. The van der Waals surface area contributed by atoms with E-state index in [0.29, 0.717) is 12.2 Å². The number of halogens is 1. The van der Waals surface area contributed by atoms with Crippen molar-refractivity contribution in [2.24, 2.45) is 5.73 Å². The number of hydrogen-bond donors (Lipinski definition) is 2. The smallest absolute Gasteiger partial charge is 0.234 e. The lowest BCUT2D eigenvalue weighted by Gasteiger charge is -2.16. The highest BCUT2D eigenvalue weighted by molar-refractivity contribution is 6.05. The summed E-state index contributed by atoms with van der Waals surface area (Å²) in [5, 5.41) is 2.62. The van der Waals surface area contributed by atoms with Crippen LogP contribution in [-0.2, 0) is 16.6 Å². The number of carbonyl (C=O) groups is 1. The van der Waals surface area contributed by atoms with Crippen molar-refractivity contribution in [2.45, 2.75) is 38.5 Å². The van der Waals surface area contributed by atoms with Crippen LogP contribution in [0, 0.1) is 5.82 Å². The summed E-state index contributed by atoms with van der Waals surface area (Å²) in [7, 11) is 0. The highest BCUT2D eigenvalue weighted by Gasteiger charge is 2.40. The van der Waals surface area contributed by atoms with E-state index in [-0.39, 0.29) is 11.7 Å². The Hall–Kier alpha value is -1.42. The average Bonchev–Trinajstić information content (AvgIpc) is 2.53. The molecule has 0 aromatic heterocycles. The Balaban J connectivity index is 2.31. The van der Waals surface area contributed by atoms with Crippen LogP contribution in [0.25, 0.3) is 0 Å². The predicted molar refractivity (Wildman–Crippen MR) is 70.0 cm³/mol. The Bertz CT molecular complexity index is 483. The van der Waals surface area contributed by atoms with Crippen molar-refractivity contribution in [2.75, 3.05) is 11.9 Å². The fourth-order valence-corrected chi connectivity index (χ4v) is 2.29. The number of benzene rings is 1. The molecule has 0 saturated carbocycles. The highest BCUT2D eigenvalue weighted by Crippen LogP contribution is 2.39. The molecule has 0 atom stereocenters. The number of nitrogens with two attached hydrogens (primary N) is 1. The molecule has 0 aliphatic carbocycles. The van der Waals surface area contributed by atoms with Crippen LogP contribution in [0.5, 0.6) is 0 Å². The van der Waals surface area contributed by atoms with Crippen molar-refractivity contribution in [1.29, 1.82) is 0 Å². The lowest BCUT2D eigenvalue weighted by molar-refractivity contribution is -0.119. The first-order chi connectivity index (χ1) is 8.46. The minimum atomic E-state index is -0.653. The molecule has 98 valence electrons. The van der Waals surface area contributed by atoms with Crippen molar-refractivity contribution in [1.82, 2.24) is 0 Å². The van der Waals surface area contributed by atoms with Crippen LogP contribution in [0.2, 0.25) is 0 Å². The molecule has 1 heterocycles. The van der Waals surface area contributed by atoms with Gasteiger partial charge in [-0.05, 0) is 56.8 Å². The van der Waals surface area contributed by atoms with Gasteiger partial charge in [0.1, 0.15) is 5.82 Å². The van der Waals surface area contributed by atoms with Crippen molar-refractivity contribution >= 4 is 11.6 Å². The summed E-state index contributed by atoms with van der Waals surface area (Å²) in [5.41, 5.74) is 6.83. The third kappa shape index (κ3) is 2.12. The number of hydrogen-bond acceptors (Lipinski definition) is 2. The van der Waals surface area contributed by atoms with E-state index in [2.05, 4.69) is 5.32 Å². The van der Waals surface area contributed by atoms with Gasteiger partial charge in [-0.1, -0.05) is 6.07 Å². The number of amides is 1. The van der Waals surface area contributed by atoms with E-state index in [0.717, 1.165) is 30.4 Å². The minimum absolute atomic E-state index is 0.143. The second-order valence-electron chi connectivity index (χ2n) is 5.33. The average molecular weight is 250 g/mol. The number of anilines is 1. The zero-order valence-corrected chi connectivity index (χ0v) is 10.8. The molecule has 1 aromatic rings. The van der Waals surface area contributed by atoms with Gasteiger partial charge >= 0.3 is 0 Å². The molecule has 4 heteroatoms. The fraction of sp³-hybridized carbons (Fsp3) is 0.500. The molecule has 0 radical (unpaired) electrons. The summed E-state index contributed by atoms with van der Waals surface area (Å²) in [6.45, 7) is 4.29. The van der Waals surface area contributed by atoms with Crippen molar-refractivity contribution in [3.63, 3.8) is 0 Å². The first kappa shape index (κ1) is 13.0. The Morgan fingerprint density at radius 3 is 2.72 bits per heavy atom. The van der Waals surface area contributed by atoms with Gasteiger partial charge in [0.15, 0.2) is 0 Å². The maximum Gasteiger partial charge on any atom is 0.234 e. The maximum absolute atomic E-state index is 13.9. The molecule has 0 fully saturated rings. The molecule has 1 aromatic carbocycles. The van der Waals surface area contributed by atoms with Crippen LogP contribution in [0.3, 0.4) is 0 Å². The van der Waals surface area contributed by atoms with E-state index < -0.39 is 5.41 Å². The zero-order valence-electron chi connectivity index (χ0n) is 10.8. The van der Waals surface area contributed by atoms with Gasteiger partial charge in [0.25, 0.3) is 0 Å². The van der Waals surface area contributed by atoms with Crippen molar-refractivity contribution in [3.8, 4) is 0 Å². The zero-order chi connectivity index (χ0) is 13.3. The molecule has 1 aliphatic heterocycles. The van der Waals surface area contributed by atoms with Gasteiger partial charge in [0.2, 0.25) is 5.91 Å². The molecule has 0 unspecified atom stereocenters. The van der Waals surface area contributed by atoms with Crippen LogP contribution < -0.4 is 11.1 Å². The number of carbonyl (C=O) groups excluding carboxylic acids is 1. The summed E-state index contributed by atoms with van der Waals surface area (Å²) in [6, 6.07) is 3.45. The largest absolute Gasteiger partial charge is 0.330 e. The molecule has 1 aliphatic rings. The minimum Gasteiger partial charge on any atom is -0.330 e. The summed E-state index contributed by atoms with van der Waals surface area (Å²) < 4.78 is 13.9. The van der Waals surface area contributed by atoms with E-state index in [1.54, 1.807) is 0 Å². The van der Waals surface area contributed by atoms with Gasteiger partial charge in [-0.2, -0.15) is 0 Å². The van der Waals surface area contributed by atoms with Crippen LogP contribution in [0.1, 0.15) is 37.8 Å². The molecule has 0 spiro atoms. The standard InChI is InChI=1S/C14H19FN2O/c1-14(2)10-7-9(5-3-4-6-16)8-11(15)12(10)17-13(14)18/h7-8H,3-6,16H2,1-2H3,(H,17,18). The normalized spacial score (nSPS) is 16.6. The molecule has 2 rings (SSSR count). The fourth-order valence-electron chi connectivity index (χ4n) is 2.29. The third-order valence-corrected chi connectivity index (χ3v) is 3.55. The molecule has 3 nitrogen and oxygen atoms in total. The van der Waals surface area contributed by atoms with E-state index in [1.165, 1.54) is 6.07 Å². The van der Waals surface area contributed by atoms with Crippen LogP contribution in [0.15, 0.2) is 12.1 Å². The van der Waals surface area contributed by atoms with Gasteiger partial charge in [-0.25, -0.2) is 4.39 Å². The summed E-state index contributed by atoms with van der Waals surface area (Å²) in [6.07, 6.45) is 2.67. The van der Waals surface area contributed by atoms with Crippen LogP contribution in [0.4, 0.5) is 10.1 Å². The van der Waals surface area contributed by atoms with Crippen LogP contribution >= 0.6 is 0 Å². The molecular weight excluding hydrogens is 231 g/mol. The van der Waals surface area contributed by atoms with Crippen LogP contribution in [-0.4, -0.2) is 12.5 Å². The molecule has 18 heavy (non-hydrogen) atoms. The maximum atomic E-state index is 13.9. The lowest BCUT2D eigenvalue weighted by Crippen LogP contribution is -2.26. The van der Waals surface area contributed by atoms with Gasteiger partial charge in [0.05, 0.1) is 11.1 Å². The highest BCUT2D eigenvalue weighted by atomic mass is 19.1. The summed E-state index contributed by atoms with van der Waals surface area (Å²) >= 11 is 0. The molecular formula is C14H19FN2O. The quantitative estimate of drug-likeness (QED) is 0.806. The number of unbranched alkanes of at least 4 members (excludes halogenated alkanes) is 1. The predicted octanol–water partition coefficient (Wildman–Crippen LogP) is 2.34. The van der Waals surface area contributed by atoms with Gasteiger partial charge in [-0.3, -0.25) is 4.79 Å². The van der Waals surface area contributed by atoms with E-state index >= 15 is 0 Å². The summed E-state index contributed by atoms with van der Waals surface area (Å²) in [5.74, 6) is -0.482. The SMILES string of the molecule is CC1(C)C(=O)Nc2c(F)cc(CCCCN)cc21. The van der Waals surface area contributed by atoms with E-state index in [1.807, 2.05) is 19.9 Å². The Labute approximate surface area is 107 Å². The van der Waals surface area contributed by atoms with Gasteiger partial charge < -0.3 is 11.1 Å². The second-order valence-corrected chi connectivity index (χ2v) is 5.33. The first-order valence-corrected chi connectivity index (χ1v) is 6.31. The molecule has 3 N–H and O–H groups in total. The topological polar surface area (TPSA) is 55.1 Å². The first-order valence-electron chi connectivity index (χ1n) is 6.31. The Morgan fingerprint density at radius 2 is 2.06 bits per heavy atom. The van der Waals surface area contributed by atoms with Gasteiger partial charge in [-0.15, -0.1) is 0 Å².